The number of nitrogens with one attached hydrogen (secondary N) is 1. The fraction of sp³-hybridized carbons (Fsp3) is 0.211. The van der Waals surface area contributed by atoms with Crippen LogP contribution in [0.3, 0.4) is 0 Å². The van der Waals surface area contributed by atoms with Gasteiger partial charge in [0.25, 0.3) is 11.6 Å². The summed E-state index contributed by atoms with van der Waals surface area (Å²) in [5.74, 6) is -1.79. The number of hydrogen-bond donors (Lipinski definition) is 1. The summed E-state index contributed by atoms with van der Waals surface area (Å²) >= 11 is 0. The van der Waals surface area contributed by atoms with Crippen LogP contribution in [0.25, 0.3) is 0 Å². The maximum Gasteiger partial charge on any atom is 0.325 e. The van der Waals surface area contributed by atoms with Crippen LogP contribution in [0.5, 0.6) is 0 Å². The molecule has 0 fully saturated rings. The van der Waals surface area contributed by atoms with Gasteiger partial charge in [0.05, 0.1) is 4.92 Å². The third-order valence-electron chi connectivity index (χ3n) is 3.91. The van der Waals surface area contributed by atoms with Gasteiger partial charge in [-0.25, -0.2) is 0 Å². The number of amides is 1. The maximum atomic E-state index is 12.0. The smallest absolute Gasteiger partial charge is 0.325 e. The van der Waals surface area contributed by atoms with Gasteiger partial charge in [0.1, 0.15) is 6.54 Å². The van der Waals surface area contributed by atoms with Crippen LogP contribution in [0.2, 0.25) is 0 Å². The zero-order chi connectivity index (χ0) is 20.0. The molecule has 0 heterocycles. The molecule has 0 aliphatic carbocycles. The number of nitro groups is 1. The van der Waals surface area contributed by atoms with Crippen molar-refractivity contribution in [3.8, 4) is 0 Å². The Morgan fingerprint density at radius 3 is 2.44 bits per heavy atom. The van der Waals surface area contributed by atoms with E-state index in [2.05, 4.69) is 5.32 Å². The van der Waals surface area contributed by atoms with Crippen molar-refractivity contribution >= 4 is 23.3 Å². The monoisotopic (exact) mass is 370 g/mol. The van der Waals surface area contributed by atoms with Gasteiger partial charge in [-0.1, -0.05) is 18.2 Å². The summed E-state index contributed by atoms with van der Waals surface area (Å²) in [4.78, 5) is 45.8. The van der Waals surface area contributed by atoms with Gasteiger partial charge in [-0.2, -0.15) is 0 Å². The van der Waals surface area contributed by atoms with Gasteiger partial charge in [-0.05, 0) is 37.1 Å². The second kappa shape index (κ2) is 8.70. The number of carbonyl (C=O) groups is 3. The summed E-state index contributed by atoms with van der Waals surface area (Å²) < 4.78 is 4.87. The topological polar surface area (TPSA) is 116 Å². The molecule has 0 saturated carbocycles. The van der Waals surface area contributed by atoms with Gasteiger partial charge < -0.3 is 10.1 Å². The molecule has 27 heavy (non-hydrogen) atoms. The zero-order valence-electron chi connectivity index (χ0n) is 14.9. The molecule has 0 radical (unpaired) electrons. The number of Topliss-reactive ketones (excluding diaryl/α,β-unsaturated/α-hetero) is 1. The molecule has 1 N–H and O–H groups in total. The maximum absolute atomic E-state index is 12.0. The lowest BCUT2D eigenvalue weighted by Gasteiger charge is -2.07. The lowest BCUT2D eigenvalue weighted by molar-refractivity contribution is -0.384. The predicted molar refractivity (Wildman–Crippen MR) is 96.6 cm³/mol. The van der Waals surface area contributed by atoms with Crippen LogP contribution in [0.1, 0.15) is 31.8 Å². The van der Waals surface area contributed by atoms with Crippen molar-refractivity contribution < 1.29 is 24.0 Å². The average molecular weight is 370 g/mol. The van der Waals surface area contributed by atoms with Crippen LogP contribution < -0.4 is 5.32 Å². The Hall–Kier alpha value is -3.55. The van der Waals surface area contributed by atoms with Crippen molar-refractivity contribution in [2.75, 3.05) is 13.2 Å². The Morgan fingerprint density at radius 2 is 1.78 bits per heavy atom. The molecule has 0 spiro atoms. The van der Waals surface area contributed by atoms with Gasteiger partial charge in [-0.15, -0.1) is 0 Å². The van der Waals surface area contributed by atoms with E-state index < -0.39 is 30.0 Å². The number of ketones is 1. The number of aryl methyl sites for hydroxylation is 2. The first-order valence-corrected chi connectivity index (χ1v) is 8.06. The lowest BCUT2D eigenvalue weighted by atomic mass is 10.0. The van der Waals surface area contributed by atoms with Crippen molar-refractivity contribution in [1.29, 1.82) is 0 Å². The number of carbonyl (C=O) groups excluding carboxylic acids is 3. The van der Waals surface area contributed by atoms with Crippen molar-refractivity contribution in [3.05, 3.63) is 74.8 Å². The SMILES string of the molecule is Cc1ccc(C(=O)COC(=O)CNC(=O)c2cccc([N+](=O)[O-])c2)cc1C. The van der Waals surface area contributed by atoms with Crippen molar-refractivity contribution in [3.63, 3.8) is 0 Å². The molecule has 0 aliphatic rings. The van der Waals surface area contributed by atoms with E-state index in [0.29, 0.717) is 5.56 Å². The second-order valence-corrected chi connectivity index (χ2v) is 5.87. The molecule has 1 amide bonds. The Balaban J connectivity index is 1.84. The molecule has 0 aromatic heterocycles. The van der Waals surface area contributed by atoms with Crippen LogP contribution in [0, 0.1) is 24.0 Å². The fourth-order valence-corrected chi connectivity index (χ4v) is 2.21. The number of ether oxygens (including phenoxy) is 1. The number of non-ortho nitro benzene ring substituents is 1. The molecule has 140 valence electrons. The highest BCUT2D eigenvalue weighted by molar-refractivity contribution is 5.99. The van der Waals surface area contributed by atoms with Crippen molar-refractivity contribution in [2.45, 2.75) is 13.8 Å². The van der Waals surface area contributed by atoms with Crippen LogP contribution in [0.15, 0.2) is 42.5 Å². The number of rotatable bonds is 7. The first kappa shape index (κ1) is 19.8. The molecule has 0 atom stereocenters. The fourth-order valence-electron chi connectivity index (χ4n) is 2.21. The Kier molecular flexibility index (Phi) is 6.37. The van der Waals surface area contributed by atoms with E-state index in [1.807, 2.05) is 19.9 Å². The Morgan fingerprint density at radius 1 is 1.04 bits per heavy atom. The van der Waals surface area contributed by atoms with E-state index in [4.69, 9.17) is 4.74 Å². The first-order chi connectivity index (χ1) is 12.8. The lowest BCUT2D eigenvalue weighted by Crippen LogP contribution is -2.31. The standard InChI is InChI=1S/C19H18N2O6/c1-12-6-7-14(8-13(12)2)17(22)11-27-18(23)10-20-19(24)15-4-3-5-16(9-15)21(25)26/h3-9H,10-11H2,1-2H3,(H,20,24). The summed E-state index contributed by atoms with van der Waals surface area (Å²) in [6.45, 7) is 2.91. The average Bonchev–Trinajstić information content (AvgIpc) is 2.66. The van der Waals surface area contributed by atoms with E-state index in [1.54, 1.807) is 12.1 Å². The summed E-state index contributed by atoms with van der Waals surface area (Å²) in [7, 11) is 0. The van der Waals surface area contributed by atoms with Crippen molar-refractivity contribution in [2.24, 2.45) is 0 Å². The Labute approximate surface area is 155 Å². The molecule has 0 saturated heterocycles. The molecule has 2 rings (SSSR count). The minimum absolute atomic E-state index is 0.0446. The highest BCUT2D eigenvalue weighted by Gasteiger charge is 2.14. The highest BCUT2D eigenvalue weighted by atomic mass is 16.6. The van der Waals surface area contributed by atoms with Gasteiger partial charge in [-0.3, -0.25) is 24.5 Å². The summed E-state index contributed by atoms with van der Waals surface area (Å²) in [5, 5.41) is 13.0. The third kappa shape index (κ3) is 5.46. The quantitative estimate of drug-likeness (QED) is 0.346. The molecule has 0 unspecified atom stereocenters. The summed E-state index contributed by atoms with van der Waals surface area (Å²) in [5.41, 5.74) is 2.25. The van der Waals surface area contributed by atoms with Gasteiger partial charge in [0, 0.05) is 23.3 Å². The van der Waals surface area contributed by atoms with Gasteiger partial charge in [0.15, 0.2) is 12.4 Å². The second-order valence-electron chi connectivity index (χ2n) is 5.87. The van der Waals surface area contributed by atoms with Crippen LogP contribution in [-0.4, -0.2) is 35.7 Å². The summed E-state index contributed by atoms with van der Waals surface area (Å²) in [6.07, 6.45) is 0. The number of esters is 1. The molecular weight excluding hydrogens is 352 g/mol. The Bertz CT molecular complexity index is 907. The van der Waals surface area contributed by atoms with Gasteiger partial charge in [0.2, 0.25) is 0 Å². The van der Waals surface area contributed by atoms with Crippen LogP contribution >= 0.6 is 0 Å². The highest BCUT2D eigenvalue weighted by Crippen LogP contribution is 2.13. The third-order valence-corrected chi connectivity index (χ3v) is 3.91. The molecule has 2 aromatic rings. The van der Waals surface area contributed by atoms with E-state index in [-0.39, 0.29) is 17.0 Å². The van der Waals surface area contributed by atoms with Crippen LogP contribution in [-0.2, 0) is 9.53 Å². The molecular formula is C19H18N2O6. The van der Waals surface area contributed by atoms with Crippen molar-refractivity contribution in [1.82, 2.24) is 5.32 Å². The molecule has 2 aromatic carbocycles. The largest absolute Gasteiger partial charge is 0.456 e. The number of nitrogens with zero attached hydrogens (tertiary/aromatic N) is 1. The molecule has 8 heteroatoms. The predicted octanol–water partition coefficient (Wildman–Crippen LogP) is 2.37. The van der Waals surface area contributed by atoms with Crippen LogP contribution in [0.4, 0.5) is 5.69 Å². The van der Waals surface area contributed by atoms with Gasteiger partial charge >= 0.3 is 5.97 Å². The van der Waals surface area contributed by atoms with E-state index in [0.717, 1.165) is 17.2 Å². The van der Waals surface area contributed by atoms with E-state index >= 15 is 0 Å². The normalized spacial score (nSPS) is 10.1. The number of nitro benzene ring substituents is 1. The molecule has 0 aliphatic heterocycles. The number of benzene rings is 2. The van der Waals surface area contributed by atoms with E-state index in [9.17, 15) is 24.5 Å². The molecule has 0 bridgehead atoms. The number of hydrogen-bond acceptors (Lipinski definition) is 6. The first-order valence-electron chi connectivity index (χ1n) is 8.06. The summed E-state index contributed by atoms with van der Waals surface area (Å²) in [6, 6.07) is 10.3. The minimum atomic E-state index is -0.786. The van der Waals surface area contributed by atoms with E-state index in [1.165, 1.54) is 18.2 Å². The molecule has 8 nitrogen and oxygen atoms in total. The minimum Gasteiger partial charge on any atom is -0.456 e. The zero-order valence-corrected chi connectivity index (χ0v) is 14.9.